The van der Waals surface area contributed by atoms with E-state index in [0.29, 0.717) is 16.7 Å². The van der Waals surface area contributed by atoms with Crippen LogP contribution in [0.2, 0.25) is 0 Å². The fraction of sp³-hybridized carbons (Fsp3) is 0.235. The molecule has 0 radical (unpaired) electrons. The number of hydrogen-bond acceptors (Lipinski definition) is 2. The van der Waals surface area contributed by atoms with Gasteiger partial charge in [0.2, 0.25) is 0 Å². The summed E-state index contributed by atoms with van der Waals surface area (Å²) in [6.07, 6.45) is 0. The second-order valence-corrected chi connectivity index (χ2v) is 5.00. The van der Waals surface area contributed by atoms with Crippen LogP contribution in [0.25, 0.3) is 0 Å². The number of carbonyl (C=O) groups is 1. The minimum absolute atomic E-state index is 0.163. The molecular formula is C17H17F2NO2. The Kier molecular flexibility index (Phi) is 5.22. The number of carbonyl (C=O) groups excluding carboxylic acids is 1. The molecule has 0 heterocycles. The van der Waals surface area contributed by atoms with Gasteiger partial charge in [0.05, 0.1) is 6.61 Å². The second-order valence-electron chi connectivity index (χ2n) is 5.00. The Hall–Kier alpha value is -2.27. The SMILES string of the molecule is COCc1cc(CNC(=O)c2cc(F)ccc2C)ccc1F. The predicted molar refractivity (Wildman–Crippen MR) is 79.4 cm³/mol. The van der Waals surface area contributed by atoms with Crippen molar-refractivity contribution in [2.24, 2.45) is 0 Å². The highest BCUT2D eigenvalue weighted by Gasteiger charge is 2.10. The standard InChI is InChI=1S/C17H17F2NO2/c1-11-3-5-14(18)8-15(11)17(21)20-9-12-4-6-16(19)13(7-12)10-22-2/h3-8H,9-10H2,1-2H3,(H,20,21). The van der Waals surface area contributed by atoms with E-state index in [4.69, 9.17) is 4.74 Å². The van der Waals surface area contributed by atoms with Crippen molar-refractivity contribution in [2.45, 2.75) is 20.1 Å². The van der Waals surface area contributed by atoms with Crippen molar-refractivity contribution >= 4 is 5.91 Å². The third-order valence-electron chi connectivity index (χ3n) is 3.31. The van der Waals surface area contributed by atoms with Gasteiger partial charge in [0.25, 0.3) is 5.91 Å². The molecule has 22 heavy (non-hydrogen) atoms. The van der Waals surface area contributed by atoms with Crippen LogP contribution in [0.1, 0.15) is 27.0 Å². The van der Waals surface area contributed by atoms with Crippen LogP contribution in [0.3, 0.4) is 0 Å². The number of ether oxygens (including phenoxy) is 1. The second kappa shape index (κ2) is 7.13. The average Bonchev–Trinajstić information content (AvgIpc) is 2.50. The van der Waals surface area contributed by atoms with Gasteiger partial charge in [-0.05, 0) is 42.3 Å². The first kappa shape index (κ1) is 16.1. The normalized spacial score (nSPS) is 10.5. The van der Waals surface area contributed by atoms with Gasteiger partial charge in [-0.1, -0.05) is 12.1 Å². The molecule has 0 unspecified atom stereocenters. The molecule has 0 aliphatic rings. The molecule has 1 N–H and O–H groups in total. The van der Waals surface area contributed by atoms with Gasteiger partial charge in [-0.3, -0.25) is 4.79 Å². The number of rotatable bonds is 5. The summed E-state index contributed by atoms with van der Waals surface area (Å²) >= 11 is 0. The van der Waals surface area contributed by atoms with E-state index in [1.165, 1.54) is 25.3 Å². The van der Waals surface area contributed by atoms with Crippen LogP contribution in [0.5, 0.6) is 0 Å². The molecule has 0 aromatic heterocycles. The quantitative estimate of drug-likeness (QED) is 0.920. The van der Waals surface area contributed by atoms with Gasteiger partial charge < -0.3 is 10.1 Å². The molecule has 2 rings (SSSR count). The summed E-state index contributed by atoms with van der Waals surface area (Å²) < 4.78 is 31.6. The number of halogens is 2. The minimum Gasteiger partial charge on any atom is -0.380 e. The summed E-state index contributed by atoms with van der Waals surface area (Å²) in [5.74, 6) is -1.17. The molecule has 2 aromatic carbocycles. The van der Waals surface area contributed by atoms with E-state index in [0.717, 1.165) is 5.56 Å². The lowest BCUT2D eigenvalue weighted by atomic mass is 10.1. The van der Waals surface area contributed by atoms with Gasteiger partial charge in [-0.2, -0.15) is 0 Å². The fourth-order valence-electron chi connectivity index (χ4n) is 2.12. The molecule has 116 valence electrons. The Morgan fingerprint density at radius 2 is 1.95 bits per heavy atom. The van der Waals surface area contributed by atoms with Crippen LogP contribution in [0.15, 0.2) is 36.4 Å². The molecule has 0 saturated heterocycles. The average molecular weight is 305 g/mol. The summed E-state index contributed by atoms with van der Waals surface area (Å²) in [6.45, 7) is 2.13. The first-order chi connectivity index (χ1) is 10.5. The molecule has 0 saturated carbocycles. The van der Waals surface area contributed by atoms with Gasteiger partial charge >= 0.3 is 0 Å². The molecule has 2 aromatic rings. The molecule has 3 nitrogen and oxygen atoms in total. The van der Waals surface area contributed by atoms with Crippen molar-refractivity contribution in [3.63, 3.8) is 0 Å². The van der Waals surface area contributed by atoms with Crippen LogP contribution < -0.4 is 5.32 Å². The van der Waals surface area contributed by atoms with Crippen molar-refractivity contribution in [1.82, 2.24) is 5.32 Å². The van der Waals surface area contributed by atoms with Crippen molar-refractivity contribution < 1.29 is 18.3 Å². The molecular weight excluding hydrogens is 288 g/mol. The van der Waals surface area contributed by atoms with E-state index in [-0.39, 0.29) is 24.9 Å². The highest BCUT2D eigenvalue weighted by Crippen LogP contribution is 2.13. The third-order valence-corrected chi connectivity index (χ3v) is 3.31. The van der Waals surface area contributed by atoms with Crippen molar-refractivity contribution in [1.29, 1.82) is 0 Å². The largest absolute Gasteiger partial charge is 0.380 e. The summed E-state index contributed by atoms with van der Waals surface area (Å²) in [7, 11) is 1.49. The molecule has 0 fully saturated rings. The monoisotopic (exact) mass is 305 g/mol. The Balaban J connectivity index is 2.08. The van der Waals surface area contributed by atoms with E-state index < -0.39 is 5.82 Å². The first-order valence-corrected chi connectivity index (χ1v) is 6.82. The van der Waals surface area contributed by atoms with Crippen molar-refractivity contribution in [3.8, 4) is 0 Å². The van der Waals surface area contributed by atoms with Crippen LogP contribution >= 0.6 is 0 Å². The maximum atomic E-state index is 13.5. The molecule has 0 atom stereocenters. The lowest BCUT2D eigenvalue weighted by molar-refractivity contribution is 0.0950. The van der Waals surface area contributed by atoms with Crippen LogP contribution in [0.4, 0.5) is 8.78 Å². The molecule has 0 aliphatic heterocycles. The highest BCUT2D eigenvalue weighted by atomic mass is 19.1. The Morgan fingerprint density at radius 3 is 2.68 bits per heavy atom. The number of nitrogens with one attached hydrogen (secondary N) is 1. The van der Waals surface area contributed by atoms with Crippen molar-refractivity contribution in [2.75, 3.05) is 7.11 Å². The fourth-order valence-corrected chi connectivity index (χ4v) is 2.12. The number of amides is 1. The zero-order chi connectivity index (χ0) is 16.1. The third kappa shape index (κ3) is 3.89. The Labute approximate surface area is 127 Å². The molecule has 0 aliphatic carbocycles. The van der Waals surface area contributed by atoms with Crippen LogP contribution in [-0.2, 0) is 17.9 Å². The van der Waals surface area contributed by atoms with Gasteiger partial charge in [0.15, 0.2) is 0 Å². The van der Waals surface area contributed by atoms with E-state index in [1.807, 2.05) is 0 Å². The number of methoxy groups -OCH3 is 1. The predicted octanol–water partition coefficient (Wildman–Crippen LogP) is 3.35. The summed E-state index contributed by atoms with van der Waals surface area (Å²) in [5.41, 5.74) is 2.16. The van der Waals surface area contributed by atoms with E-state index in [2.05, 4.69) is 5.32 Å². The Bertz CT molecular complexity index is 686. The molecule has 1 amide bonds. The number of benzene rings is 2. The number of hydrogen-bond donors (Lipinski definition) is 1. The first-order valence-electron chi connectivity index (χ1n) is 6.82. The van der Waals surface area contributed by atoms with Crippen LogP contribution in [-0.4, -0.2) is 13.0 Å². The van der Waals surface area contributed by atoms with E-state index >= 15 is 0 Å². The Morgan fingerprint density at radius 1 is 1.18 bits per heavy atom. The zero-order valence-corrected chi connectivity index (χ0v) is 12.5. The minimum atomic E-state index is -0.458. The maximum absolute atomic E-state index is 13.5. The topological polar surface area (TPSA) is 38.3 Å². The molecule has 0 bridgehead atoms. The molecule has 5 heteroatoms. The van der Waals surface area contributed by atoms with E-state index in [9.17, 15) is 13.6 Å². The van der Waals surface area contributed by atoms with E-state index in [1.54, 1.807) is 25.1 Å². The van der Waals surface area contributed by atoms with Gasteiger partial charge in [-0.15, -0.1) is 0 Å². The van der Waals surface area contributed by atoms with Crippen molar-refractivity contribution in [3.05, 3.63) is 70.3 Å². The summed E-state index contributed by atoms with van der Waals surface area (Å²) in [4.78, 5) is 12.1. The lowest BCUT2D eigenvalue weighted by Gasteiger charge is -2.09. The maximum Gasteiger partial charge on any atom is 0.251 e. The van der Waals surface area contributed by atoms with Crippen LogP contribution in [0, 0.1) is 18.6 Å². The van der Waals surface area contributed by atoms with Gasteiger partial charge in [0.1, 0.15) is 11.6 Å². The highest BCUT2D eigenvalue weighted by molar-refractivity contribution is 5.95. The number of aryl methyl sites for hydroxylation is 1. The lowest BCUT2D eigenvalue weighted by Crippen LogP contribution is -2.23. The van der Waals surface area contributed by atoms with Gasteiger partial charge in [0, 0.05) is 24.8 Å². The molecule has 0 spiro atoms. The smallest absolute Gasteiger partial charge is 0.251 e. The van der Waals surface area contributed by atoms with Gasteiger partial charge in [-0.25, -0.2) is 8.78 Å². The summed E-state index contributed by atoms with van der Waals surface area (Å²) in [6, 6.07) is 8.63. The summed E-state index contributed by atoms with van der Waals surface area (Å²) in [5, 5.41) is 2.70. The zero-order valence-electron chi connectivity index (χ0n) is 12.5.